The van der Waals surface area contributed by atoms with Crippen LogP contribution < -0.4 is 36.3 Å². The summed E-state index contributed by atoms with van der Waals surface area (Å²) in [6, 6.07) is 19.0. The van der Waals surface area contributed by atoms with Crippen LogP contribution >= 0.6 is 46.4 Å². The number of nitrogens with one attached hydrogen (secondary N) is 2. The predicted molar refractivity (Wildman–Crippen MR) is 222 cm³/mol. The zero-order valence-corrected chi connectivity index (χ0v) is 34.9. The molecule has 2 aromatic heterocycles. The van der Waals surface area contributed by atoms with Crippen molar-refractivity contribution < 1.29 is 69.2 Å². The molecule has 0 fully saturated rings. The number of pyridine rings is 2. The molecule has 0 saturated heterocycles. The van der Waals surface area contributed by atoms with Gasteiger partial charge in [0.1, 0.15) is 51.5 Å². The molecule has 4 amide bonds. The van der Waals surface area contributed by atoms with Gasteiger partial charge in [0.05, 0.1) is 15.6 Å². The van der Waals surface area contributed by atoms with Gasteiger partial charge in [-0.3, -0.25) is 29.1 Å². The highest BCUT2D eigenvalue weighted by atomic mass is 35.5. The second kappa shape index (κ2) is 22.0. The quantitative estimate of drug-likeness (QED) is 0.0818. The van der Waals surface area contributed by atoms with Gasteiger partial charge >= 0.3 is 12.7 Å². The first-order valence-electron chi connectivity index (χ1n) is 17.2. The lowest BCUT2D eigenvalue weighted by Crippen LogP contribution is -2.17. The SMILES string of the molecule is NC(=O)c1cc(NC(=O)c2c(Cl)cc(Cl)cc2Oc2ccc(OC(F)(F)F)cc2)ccn1.NC(=O)c1cc(NC(=O)c2c(F)cc(Cl)cc2Cl)ccn1.Oc1ccc(OC(F)(F)F)cc1. The molecule has 25 heteroatoms. The van der Waals surface area contributed by atoms with Crippen LogP contribution in [0.3, 0.4) is 0 Å². The van der Waals surface area contributed by atoms with Crippen molar-refractivity contribution in [1.82, 2.24) is 9.97 Å². The second-order valence-corrected chi connectivity index (χ2v) is 13.9. The van der Waals surface area contributed by atoms with E-state index in [2.05, 4.69) is 30.1 Å². The topological polar surface area (TPSA) is 218 Å². The fraction of sp³-hybridized carbons (Fsp3) is 0.0500. The molecule has 0 radical (unpaired) electrons. The number of nitrogens with zero attached hydrogens (tertiary/aromatic N) is 2. The molecule has 0 aliphatic heterocycles. The Labute approximate surface area is 380 Å². The normalized spacial score (nSPS) is 10.8. The number of phenols is 1. The van der Waals surface area contributed by atoms with E-state index >= 15 is 0 Å². The molecule has 0 unspecified atom stereocenters. The van der Waals surface area contributed by atoms with Gasteiger partial charge in [-0.25, -0.2) is 4.39 Å². The van der Waals surface area contributed by atoms with Gasteiger partial charge in [0, 0.05) is 39.9 Å². The Hall–Kier alpha value is -7.07. The van der Waals surface area contributed by atoms with E-state index in [9.17, 15) is 49.9 Å². The molecule has 0 spiro atoms. The summed E-state index contributed by atoms with van der Waals surface area (Å²) in [5.41, 5.74) is 10.1. The number of aromatic nitrogens is 2. The first-order chi connectivity index (χ1) is 30.4. The number of hydrogen-bond donors (Lipinski definition) is 5. The number of carbonyl (C=O) groups excluding carboxylic acids is 4. The minimum absolute atomic E-state index is 0.0320. The van der Waals surface area contributed by atoms with Crippen molar-refractivity contribution in [1.29, 1.82) is 0 Å². The van der Waals surface area contributed by atoms with Gasteiger partial charge in [-0.15, -0.1) is 26.3 Å². The maximum absolute atomic E-state index is 13.8. The number of amides is 4. The van der Waals surface area contributed by atoms with Crippen molar-refractivity contribution in [3.8, 4) is 28.7 Å². The number of hydrogen-bond acceptors (Lipinski definition) is 10. The van der Waals surface area contributed by atoms with Crippen LogP contribution in [-0.4, -0.2) is 51.4 Å². The van der Waals surface area contributed by atoms with Crippen molar-refractivity contribution >= 4 is 81.4 Å². The van der Waals surface area contributed by atoms with Crippen molar-refractivity contribution in [3.63, 3.8) is 0 Å². The summed E-state index contributed by atoms with van der Waals surface area (Å²) in [6.45, 7) is 0. The van der Waals surface area contributed by atoms with Crippen molar-refractivity contribution in [2.75, 3.05) is 10.6 Å². The van der Waals surface area contributed by atoms with E-state index in [4.69, 9.17) is 67.7 Å². The highest BCUT2D eigenvalue weighted by Crippen LogP contribution is 2.36. The van der Waals surface area contributed by atoms with Crippen LogP contribution in [0.25, 0.3) is 0 Å². The molecular formula is C40H25Cl4F7N6O8. The molecule has 7 N–H and O–H groups in total. The Balaban J connectivity index is 0.000000239. The summed E-state index contributed by atoms with van der Waals surface area (Å²) >= 11 is 23.6. The summed E-state index contributed by atoms with van der Waals surface area (Å²) < 4.78 is 98.3. The summed E-state index contributed by atoms with van der Waals surface area (Å²) in [6.07, 6.45) is -6.96. The van der Waals surface area contributed by atoms with E-state index in [1.165, 1.54) is 67.0 Å². The van der Waals surface area contributed by atoms with Crippen LogP contribution in [0, 0.1) is 5.82 Å². The third-order valence-corrected chi connectivity index (χ3v) is 8.41. The summed E-state index contributed by atoms with van der Waals surface area (Å²) in [4.78, 5) is 54.7. The van der Waals surface area contributed by atoms with E-state index in [1.807, 2.05) is 0 Å². The third-order valence-electron chi connectivity index (χ3n) is 7.38. The Morgan fingerprint density at radius 1 is 0.569 bits per heavy atom. The van der Waals surface area contributed by atoms with Gasteiger partial charge in [0.25, 0.3) is 23.6 Å². The second-order valence-electron chi connectivity index (χ2n) is 12.2. The molecule has 4 aromatic carbocycles. The summed E-state index contributed by atoms with van der Waals surface area (Å²) in [5, 5.41) is 13.7. The Kier molecular flexibility index (Phi) is 17.1. The number of ether oxygens (including phenoxy) is 3. The molecule has 14 nitrogen and oxygen atoms in total. The Bertz CT molecular complexity index is 2670. The van der Waals surface area contributed by atoms with Gasteiger partial charge < -0.3 is 41.4 Å². The van der Waals surface area contributed by atoms with E-state index in [0.29, 0.717) is 0 Å². The van der Waals surface area contributed by atoms with Crippen LogP contribution in [0.5, 0.6) is 28.7 Å². The van der Waals surface area contributed by atoms with Crippen LogP contribution in [0.2, 0.25) is 20.1 Å². The Morgan fingerprint density at radius 2 is 0.969 bits per heavy atom. The standard InChI is InChI=1S/C20H12Cl2F3N3O4.C13H8Cl2FN3O2.C7H5F3O2/c21-10-7-14(22)17(19(30)28-11-5-6-27-15(9-11)18(26)29)16(8-10)31-12-1-3-13(4-2-12)32-20(23,24)25;14-6-3-8(15)11(9(16)4-6)13(21)19-7-1-2-18-10(5-7)12(17)20;8-7(9,10)12-6-3-1-5(11)2-4-6/h1-9H,(H2,26,29)(H,27,28,30);1-5H,(H2,17,20)(H,18,19,21);1-4,11H. The number of halogens is 11. The number of primary amides is 2. The smallest absolute Gasteiger partial charge is 0.508 e. The number of phenolic OH excluding ortho intramolecular Hbond substituents is 1. The molecule has 65 heavy (non-hydrogen) atoms. The first-order valence-corrected chi connectivity index (χ1v) is 18.7. The molecule has 6 aromatic rings. The highest BCUT2D eigenvalue weighted by Gasteiger charge is 2.32. The van der Waals surface area contributed by atoms with Crippen molar-refractivity contribution in [2.45, 2.75) is 12.7 Å². The number of aromatic hydroxyl groups is 1. The highest BCUT2D eigenvalue weighted by molar-refractivity contribution is 6.38. The monoisotopic (exact) mass is 990 g/mol. The van der Waals surface area contributed by atoms with E-state index in [-0.39, 0.29) is 77.0 Å². The molecule has 0 aliphatic carbocycles. The summed E-state index contributed by atoms with van der Waals surface area (Å²) in [7, 11) is 0. The largest absolute Gasteiger partial charge is 0.573 e. The lowest BCUT2D eigenvalue weighted by atomic mass is 10.1. The molecule has 0 aliphatic rings. The van der Waals surface area contributed by atoms with Gasteiger partial charge in [0.2, 0.25) is 0 Å². The first kappa shape index (κ1) is 50.6. The molecule has 0 saturated carbocycles. The molecule has 0 bridgehead atoms. The zero-order valence-electron chi connectivity index (χ0n) is 31.9. The van der Waals surface area contributed by atoms with Crippen LogP contribution in [0.4, 0.5) is 42.1 Å². The van der Waals surface area contributed by atoms with Crippen molar-refractivity contribution in [2.24, 2.45) is 11.5 Å². The molecular weight excluding hydrogens is 967 g/mol. The maximum Gasteiger partial charge on any atom is 0.573 e. The van der Waals surface area contributed by atoms with Crippen LogP contribution in [0.1, 0.15) is 41.7 Å². The number of benzene rings is 4. The summed E-state index contributed by atoms with van der Waals surface area (Å²) in [5.74, 6) is -4.75. The number of nitrogens with two attached hydrogens (primary N) is 2. The fourth-order valence-corrected chi connectivity index (χ4v) is 5.88. The van der Waals surface area contributed by atoms with Gasteiger partial charge in [0.15, 0.2) is 0 Å². The van der Waals surface area contributed by atoms with Crippen LogP contribution in [-0.2, 0) is 0 Å². The minimum Gasteiger partial charge on any atom is -0.508 e. The van der Waals surface area contributed by atoms with Crippen LogP contribution in [0.15, 0.2) is 109 Å². The Morgan fingerprint density at radius 3 is 1.40 bits per heavy atom. The average molecular weight is 992 g/mol. The van der Waals surface area contributed by atoms with Gasteiger partial charge in [-0.2, -0.15) is 0 Å². The number of rotatable bonds is 10. The lowest BCUT2D eigenvalue weighted by Gasteiger charge is -2.14. The minimum atomic E-state index is -4.84. The van der Waals surface area contributed by atoms with Crippen molar-refractivity contribution in [3.05, 3.63) is 158 Å². The fourth-order valence-electron chi connectivity index (χ4n) is 4.77. The molecule has 6 rings (SSSR count). The predicted octanol–water partition coefficient (Wildman–Crippen LogP) is 10.6. The lowest BCUT2D eigenvalue weighted by molar-refractivity contribution is -0.275. The third kappa shape index (κ3) is 16.2. The van der Waals surface area contributed by atoms with E-state index in [0.717, 1.165) is 42.5 Å². The number of alkyl halides is 6. The number of carbonyl (C=O) groups is 4. The molecule has 2 heterocycles. The molecule has 340 valence electrons. The maximum atomic E-state index is 13.8. The average Bonchev–Trinajstić information content (AvgIpc) is 3.18. The van der Waals surface area contributed by atoms with Gasteiger partial charge in [-0.1, -0.05) is 46.4 Å². The van der Waals surface area contributed by atoms with E-state index in [1.54, 1.807) is 0 Å². The zero-order chi connectivity index (χ0) is 48.2. The molecule has 0 atom stereocenters. The number of anilines is 2. The van der Waals surface area contributed by atoms with E-state index < -0.39 is 47.9 Å². The van der Waals surface area contributed by atoms with Gasteiger partial charge in [-0.05, 0) is 91.0 Å².